The summed E-state index contributed by atoms with van der Waals surface area (Å²) in [5.74, 6) is -0.830. The maximum absolute atomic E-state index is 13.5. The molecule has 1 aromatic carbocycles. The van der Waals surface area contributed by atoms with Gasteiger partial charge in [0.1, 0.15) is 12.8 Å². The van der Waals surface area contributed by atoms with E-state index in [9.17, 15) is 14.0 Å². The van der Waals surface area contributed by atoms with Gasteiger partial charge in [-0.05, 0) is 5.56 Å². The Kier molecular flexibility index (Phi) is 4.19. The van der Waals surface area contributed by atoms with Crippen LogP contribution < -0.4 is 5.73 Å². The molecular weight excluding hydrogens is 267 g/mol. The number of likely N-dealkylation sites (tertiary alicyclic amines) is 1. The van der Waals surface area contributed by atoms with Gasteiger partial charge in [0.2, 0.25) is 0 Å². The van der Waals surface area contributed by atoms with Gasteiger partial charge in [0.15, 0.2) is 6.04 Å². The summed E-state index contributed by atoms with van der Waals surface area (Å²) in [5, 5.41) is 8.95. The Morgan fingerprint density at radius 2 is 2.05 bits per heavy atom. The van der Waals surface area contributed by atoms with Gasteiger partial charge in [-0.3, -0.25) is 4.90 Å². The lowest BCUT2D eigenvalue weighted by Crippen LogP contribution is -2.49. The minimum absolute atomic E-state index is 0.00664. The van der Waals surface area contributed by atoms with E-state index in [1.807, 2.05) is 6.07 Å². The molecule has 6 nitrogen and oxygen atoms in total. The third-order valence-corrected chi connectivity index (χ3v) is 3.20. The van der Waals surface area contributed by atoms with Gasteiger partial charge in [-0.2, -0.15) is 0 Å². The van der Waals surface area contributed by atoms with Crippen LogP contribution in [0.5, 0.6) is 0 Å². The van der Waals surface area contributed by atoms with E-state index in [0.29, 0.717) is 4.90 Å². The number of rotatable bonds is 3. The average Bonchev–Trinajstić information content (AvgIpc) is 2.74. The zero-order valence-electron chi connectivity index (χ0n) is 10.6. The van der Waals surface area contributed by atoms with Gasteiger partial charge in [0.05, 0.1) is 12.6 Å². The first kappa shape index (κ1) is 14.3. The number of ether oxygens (including phenoxy) is 1. The standard InChI is InChI=1S/C13H15FN2O4/c14-9-6-16(13(18)19)11(10(9)15)12(17)20-7-8-4-2-1-3-5-8/h1-5,9-11H,6-7,15H2,(H,18,19)/t9-,10+,11-/m0/s1. The predicted octanol–water partition coefficient (Wildman–Crippen LogP) is 0.757. The molecule has 1 aliphatic rings. The number of halogens is 1. The fourth-order valence-corrected chi connectivity index (χ4v) is 2.12. The maximum atomic E-state index is 13.5. The summed E-state index contributed by atoms with van der Waals surface area (Å²) >= 11 is 0. The van der Waals surface area contributed by atoms with Crippen LogP contribution in [0.3, 0.4) is 0 Å². The van der Waals surface area contributed by atoms with Crippen molar-refractivity contribution in [1.82, 2.24) is 4.90 Å². The van der Waals surface area contributed by atoms with E-state index >= 15 is 0 Å². The molecule has 0 aromatic heterocycles. The van der Waals surface area contributed by atoms with E-state index in [2.05, 4.69) is 0 Å². The Balaban J connectivity index is 2.01. The number of hydrogen-bond acceptors (Lipinski definition) is 4. The summed E-state index contributed by atoms with van der Waals surface area (Å²) in [7, 11) is 0. The molecule has 0 bridgehead atoms. The highest BCUT2D eigenvalue weighted by molar-refractivity contribution is 5.82. The summed E-state index contributed by atoms with van der Waals surface area (Å²) in [6.07, 6.45) is -2.96. The van der Waals surface area contributed by atoms with Crippen LogP contribution in [-0.2, 0) is 16.1 Å². The van der Waals surface area contributed by atoms with Gasteiger partial charge in [-0.1, -0.05) is 30.3 Å². The van der Waals surface area contributed by atoms with E-state index in [0.717, 1.165) is 5.56 Å². The van der Waals surface area contributed by atoms with Crippen LogP contribution in [0.4, 0.5) is 9.18 Å². The van der Waals surface area contributed by atoms with E-state index in [1.165, 1.54) is 0 Å². The topological polar surface area (TPSA) is 92.9 Å². The van der Waals surface area contributed by atoms with E-state index in [-0.39, 0.29) is 6.61 Å². The van der Waals surface area contributed by atoms with Crippen LogP contribution >= 0.6 is 0 Å². The Hall–Kier alpha value is -2.15. The molecule has 1 heterocycles. The SMILES string of the molecule is N[C@H]1[C@@H](C(=O)OCc2ccccc2)N(C(=O)O)C[C@@H]1F. The second-order valence-corrected chi connectivity index (χ2v) is 4.57. The summed E-state index contributed by atoms with van der Waals surface area (Å²) < 4.78 is 18.5. The normalized spacial score (nSPS) is 25.5. The molecule has 1 amide bonds. The number of amides is 1. The van der Waals surface area contributed by atoms with Crippen molar-refractivity contribution in [3.05, 3.63) is 35.9 Å². The highest BCUT2D eigenvalue weighted by Gasteiger charge is 2.47. The monoisotopic (exact) mass is 282 g/mol. The smallest absolute Gasteiger partial charge is 0.408 e. The third kappa shape index (κ3) is 2.88. The zero-order chi connectivity index (χ0) is 14.7. The molecule has 2 rings (SSSR count). The number of esters is 1. The molecule has 0 unspecified atom stereocenters. The zero-order valence-corrected chi connectivity index (χ0v) is 10.6. The van der Waals surface area contributed by atoms with E-state index in [4.69, 9.17) is 15.6 Å². The molecule has 108 valence electrons. The van der Waals surface area contributed by atoms with Crippen molar-refractivity contribution in [1.29, 1.82) is 0 Å². The van der Waals surface area contributed by atoms with Gasteiger partial charge < -0.3 is 15.6 Å². The van der Waals surface area contributed by atoms with Crippen LogP contribution in [0.2, 0.25) is 0 Å². The summed E-state index contributed by atoms with van der Waals surface area (Å²) in [6.45, 7) is -0.422. The third-order valence-electron chi connectivity index (χ3n) is 3.20. The van der Waals surface area contributed by atoms with Gasteiger partial charge in [0, 0.05) is 0 Å². The molecular formula is C13H15FN2O4. The molecule has 0 radical (unpaired) electrons. The Bertz CT molecular complexity index is 496. The number of hydrogen-bond donors (Lipinski definition) is 2. The lowest BCUT2D eigenvalue weighted by molar-refractivity contribution is -0.150. The average molecular weight is 282 g/mol. The lowest BCUT2D eigenvalue weighted by atomic mass is 10.1. The fourth-order valence-electron chi connectivity index (χ4n) is 2.12. The molecule has 1 saturated heterocycles. The molecule has 0 saturated carbocycles. The Labute approximate surface area is 114 Å². The minimum atomic E-state index is -1.57. The predicted molar refractivity (Wildman–Crippen MR) is 67.6 cm³/mol. The molecule has 1 fully saturated rings. The second-order valence-electron chi connectivity index (χ2n) is 4.57. The van der Waals surface area contributed by atoms with Gasteiger partial charge in [-0.25, -0.2) is 14.0 Å². The van der Waals surface area contributed by atoms with Crippen LogP contribution in [0.25, 0.3) is 0 Å². The van der Waals surface area contributed by atoms with E-state index in [1.54, 1.807) is 24.3 Å². The molecule has 20 heavy (non-hydrogen) atoms. The molecule has 0 spiro atoms. The largest absolute Gasteiger partial charge is 0.465 e. The summed E-state index contributed by atoms with van der Waals surface area (Å²) in [4.78, 5) is 23.6. The minimum Gasteiger partial charge on any atom is -0.465 e. The number of alkyl halides is 1. The number of nitrogens with two attached hydrogens (primary N) is 1. The van der Waals surface area contributed by atoms with Crippen LogP contribution in [0, 0.1) is 0 Å². The highest BCUT2D eigenvalue weighted by atomic mass is 19.1. The fraction of sp³-hybridized carbons (Fsp3) is 0.385. The van der Waals surface area contributed by atoms with Crippen LogP contribution in [-0.4, -0.2) is 46.9 Å². The number of carbonyl (C=O) groups excluding carboxylic acids is 1. The number of nitrogens with zero attached hydrogens (tertiary/aromatic N) is 1. The van der Waals surface area contributed by atoms with Crippen LogP contribution in [0.15, 0.2) is 30.3 Å². The van der Waals surface area contributed by atoms with Crippen molar-refractivity contribution in [3.8, 4) is 0 Å². The van der Waals surface area contributed by atoms with Crippen molar-refractivity contribution in [2.45, 2.75) is 24.9 Å². The summed E-state index contributed by atoms with van der Waals surface area (Å²) in [6, 6.07) is 6.40. The van der Waals surface area contributed by atoms with Crippen molar-refractivity contribution >= 4 is 12.1 Å². The second kappa shape index (κ2) is 5.87. The lowest BCUT2D eigenvalue weighted by Gasteiger charge is -2.21. The molecule has 1 aliphatic heterocycles. The van der Waals surface area contributed by atoms with Gasteiger partial charge in [-0.15, -0.1) is 0 Å². The molecule has 0 aliphatic carbocycles. The Morgan fingerprint density at radius 1 is 1.40 bits per heavy atom. The first-order chi connectivity index (χ1) is 9.50. The van der Waals surface area contributed by atoms with E-state index < -0.39 is 36.9 Å². The maximum Gasteiger partial charge on any atom is 0.408 e. The van der Waals surface area contributed by atoms with Gasteiger partial charge in [0.25, 0.3) is 0 Å². The van der Waals surface area contributed by atoms with Crippen LogP contribution in [0.1, 0.15) is 5.56 Å². The Morgan fingerprint density at radius 3 is 2.65 bits per heavy atom. The summed E-state index contributed by atoms with van der Waals surface area (Å²) in [5.41, 5.74) is 6.30. The molecule has 7 heteroatoms. The van der Waals surface area contributed by atoms with Gasteiger partial charge >= 0.3 is 12.1 Å². The highest BCUT2D eigenvalue weighted by Crippen LogP contribution is 2.21. The number of benzene rings is 1. The molecule has 3 N–H and O–H groups in total. The number of carboxylic acid groups (broad SMARTS) is 1. The quantitative estimate of drug-likeness (QED) is 0.798. The first-order valence-corrected chi connectivity index (χ1v) is 6.10. The van der Waals surface area contributed by atoms with Crippen molar-refractivity contribution in [2.24, 2.45) is 5.73 Å². The van der Waals surface area contributed by atoms with Crippen molar-refractivity contribution < 1.29 is 23.8 Å². The molecule has 1 aromatic rings. The van der Waals surface area contributed by atoms with Crippen molar-refractivity contribution in [2.75, 3.05) is 6.54 Å². The number of carbonyl (C=O) groups is 2. The molecule has 3 atom stereocenters. The van der Waals surface area contributed by atoms with Crippen molar-refractivity contribution in [3.63, 3.8) is 0 Å². The first-order valence-electron chi connectivity index (χ1n) is 6.10.